The normalized spacial score (nSPS) is 15.2. The highest BCUT2D eigenvalue weighted by Gasteiger charge is 2.24. The lowest BCUT2D eigenvalue weighted by molar-refractivity contribution is -0.385. The maximum Gasteiger partial charge on any atom is 0.270 e. The predicted octanol–water partition coefficient (Wildman–Crippen LogP) is 2.06. The van der Waals surface area contributed by atoms with E-state index in [1.54, 1.807) is 18.3 Å². The third-order valence-corrected chi connectivity index (χ3v) is 6.14. The first kappa shape index (κ1) is 19.7. The van der Waals surface area contributed by atoms with Crippen LogP contribution in [0.1, 0.15) is 18.4 Å². The lowest BCUT2D eigenvalue weighted by atomic mass is 9.97. The Balaban J connectivity index is 1.59. The summed E-state index contributed by atoms with van der Waals surface area (Å²) in [5, 5.41) is 20.0. The number of nitro groups is 1. The first-order valence-electron chi connectivity index (χ1n) is 8.75. The van der Waals surface area contributed by atoms with Crippen molar-refractivity contribution in [2.45, 2.75) is 17.7 Å². The van der Waals surface area contributed by atoms with Crippen LogP contribution in [-0.4, -0.2) is 38.0 Å². The number of nitriles is 1. The van der Waals surface area contributed by atoms with E-state index >= 15 is 0 Å². The molecule has 1 aliphatic heterocycles. The molecule has 10 heteroatoms. The number of nitrogens with zero attached hydrogens (tertiary/aromatic N) is 4. The zero-order valence-corrected chi connectivity index (χ0v) is 15.8. The fraction of sp³-hybridized carbons (Fsp3) is 0.333. The molecule has 9 nitrogen and oxygen atoms in total. The minimum absolute atomic E-state index is 0.119. The van der Waals surface area contributed by atoms with Gasteiger partial charge in [0.2, 0.25) is 10.0 Å². The number of nitrogens with one attached hydrogen (secondary N) is 1. The molecule has 0 bridgehead atoms. The molecule has 3 rings (SSSR count). The van der Waals surface area contributed by atoms with Crippen LogP contribution in [0.2, 0.25) is 0 Å². The average molecular weight is 401 g/mol. The van der Waals surface area contributed by atoms with Crippen LogP contribution in [0.3, 0.4) is 0 Å². The zero-order valence-electron chi connectivity index (χ0n) is 15.0. The minimum atomic E-state index is -3.82. The largest absolute Gasteiger partial charge is 0.356 e. The Hall–Kier alpha value is -3.03. The molecular formula is C18H19N5O4S. The van der Waals surface area contributed by atoms with Crippen molar-refractivity contribution in [1.29, 1.82) is 5.26 Å². The third-order valence-electron chi connectivity index (χ3n) is 4.72. The standard InChI is InChI=1S/C18H19N5O4S/c19-12-15-3-2-8-20-18(15)22-9-6-14(7-10-22)13-21-28(26,27)17-5-1-4-16(11-17)23(24)25/h1-5,8,11,14,21H,6-7,9-10,13H2. The Kier molecular flexibility index (Phi) is 5.87. The van der Waals surface area contributed by atoms with E-state index < -0.39 is 14.9 Å². The molecule has 0 radical (unpaired) electrons. The molecule has 1 N–H and O–H groups in total. The van der Waals surface area contributed by atoms with Crippen molar-refractivity contribution in [2.75, 3.05) is 24.5 Å². The Labute approximate surface area is 162 Å². The smallest absolute Gasteiger partial charge is 0.270 e. The van der Waals surface area contributed by atoms with Gasteiger partial charge in [0.15, 0.2) is 0 Å². The van der Waals surface area contributed by atoms with Crippen molar-refractivity contribution in [2.24, 2.45) is 5.92 Å². The van der Waals surface area contributed by atoms with Gasteiger partial charge in [-0.3, -0.25) is 10.1 Å². The van der Waals surface area contributed by atoms with Gasteiger partial charge in [0.25, 0.3) is 5.69 Å². The summed E-state index contributed by atoms with van der Waals surface area (Å²) in [4.78, 5) is 16.4. The molecule has 0 spiro atoms. The summed E-state index contributed by atoms with van der Waals surface area (Å²) < 4.78 is 27.4. The van der Waals surface area contributed by atoms with Crippen molar-refractivity contribution in [1.82, 2.24) is 9.71 Å². The number of aromatic nitrogens is 1. The van der Waals surface area contributed by atoms with Gasteiger partial charge in [-0.1, -0.05) is 6.07 Å². The van der Waals surface area contributed by atoms with Gasteiger partial charge in [0, 0.05) is 38.0 Å². The maximum atomic E-state index is 12.4. The molecule has 1 aromatic carbocycles. The molecule has 146 valence electrons. The van der Waals surface area contributed by atoms with E-state index in [9.17, 15) is 23.8 Å². The van der Waals surface area contributed by atoms with Gasteiger partial charge >= 0.3 is 0 Å². The quantitative estimate of drug-likeness (QED) is 0.579. The van der Waals surface area contributed by atoms with Crippen molar-refractivity contribution >= 4 is 21.5 Å². The van der Waals surface area contributed by atoms with E-state index in [0.717, 1.165) is 18.9 Å². The van der Waals surface area contributed by atoms with Crippen LogP contribution in [0.25, 0.3) is 0 Å². The van der Waals surface area contributed by atoms with Gasteiger partial charge < -0.3 is 4.90 Å². The first-order chi connectivity index (χ1) is 13.4. The Bertz CT molecular complexity index is 1010. The number of hydrogen-bond donors (Lipinski definition) is 1. The van der Waals surface area contributed by atoms with Crippen LogP contribution in [0.5, 0.6) is 0 Å². The summed E-state index contributed by atoms with van der Waals surface area (Å²) >= 11 is 0. The molecule has 0 saturated carbocycles. The number of rotatable bonds is 6. The molecule has 0 atom stereocenters. The second-order valence-corrected chi connectivity index (χ2v) is 8.29. The Morgan fingerprint density at radius 3 is 2.71 bits per heavy atom. The summed E-state index contributed by atoms with van der Waals surface area (Å²) in [6.45, 7) is 1.61. The van der Waals surface area contributed by atoms with E-state index in [0.29, 0.717) is 24.5 Å². The predicted molar refractivity (Wildman–Crippen MR) is 102 cm³/mol. The van der Waals surface area contributed by atoms with Crippen molar-refractivity contribution in [3.63, 3.8) is 0 Å². The van der Waals surface area contributed by atoms with Gasteiger partial charge in [-0.05, 0) is 37.0 Å². The number of pyridine rings is 1. The van der Waals surface area contributed by atoms with Crippen LogP contribution in [0.4, 0.5) is 11.5 Å². The van der Waals surface area contributed by atoms with Crippen molar-refractivity contribution in [3.8, 4) is 6.07 Å². The SMILES string of the molecule is N#Cc1cccnc1N1CCC(CNS(=O)(=O)c2cccc([N+](=O)[O-])c2)CC1. The van der Waals surface area contributed by atoms with Gasteiger partial charge in [-0.15, -0.1) is 0 Å². The maximum absolute atomic E-state index is 12.4. The van der Waals surface area contributed by atoms with Crippen LogP contribution in [0.15, 0.2) is 47.5 Å². The van der Waals surface area contributed by atoms with Crippen LogP contribution >= 0.6 is 0 Å². The molecule has 28 heavy (non-hydrogen) atoms. The number of nitro benzene ring substituents is 1. The molecular weight excluding hydrogens is 382 g/mol. The molecule has 1 saturated heterocycles. The fourth-order valence-electron chi connectivity index (χ4n) is 3.16. The Morgan fingerprint density at radius 1 is 1.29 bits per heavy atom. The molecule has 0 aliphatic carbocycles. The van der Waals surface area contributed by atoms with E-state index in [1.807, 2.05) is 4.90 Å². The molecule has 2 aromatic rings. The van der Waals surface area contributed by atoms with Gasteiger partial charge in [-0.25, -0.2) is 18.1 Å². The highest BCUT2D eigenvalue weighted by Crippen LogP contribution is 2.24. The summed E-state index contributed by atoms with van der Waals surface area (Å²) in [6.07, 6.45) is 3.15. The van der Waals surface area contributed by atoms with Crippen molar-refractivity contribution < 1.29 is 13.3 Å². The van der Waals surface area contributed by atoms with Crippen LogP contribution in [-0.2, 0) is 10.0 Å². The monoisotopic (exact) mass is 401 g/mol. The lowest BCUT2D eigenvalue weighted by Crippen LogP contribution is -2.39. The number of non-ortho nitro benzene ring substituents is 1. The molecule has 1 aliphatic rings. The number of anilines is 1. The summed E-state index contributed by atoms with van der Waals surface area (Å²) in [7, 11) is -3.82. The van der Waals surface area contributed by atoms with Crippen molar-refractivity contribution in [3.05, 3.63) is 58.3 Å². The summed E-state index contributed by atoms with van der Waals surface area (Å²) in [6, 6.07) is 10.6. The van der Waals surface area contributed by atoms with Crippen LogP contribution in [0, 0.1) is 27.4 Å². The van der Waals surface area contributed by atoms with E-state index in [2.05, 4.69) is 15.8 Å². The van der Waals surface area contributed by atoms with Gasteiger partial charge in [-0.2, -0.15) is 5.26 Å². The summed E-state index contributed by atoms with van der Waals surface area (Å²) in [5.74, 6) is 0.791. The second kappa shape index (κ2) is 8.33. The number of hydrogen-bond acceptors (Lipinski definition) is 7. The van der Waals surface area contributed by atoms with Crippen LogP contribution < -0.4 is 9.62 Å². The highest BCUT2D eigenvalue weighted by atomic mass is 32.2. The van der Waals surface area contributed by atoms with E-state index in [1.165, 1.54) is 18.2 Å². The van der Waals surface area contributed by atoms with E-state index in [4.69, 9.17) is 0 Å². The number of sulfonamides is 1. The first-order valence-corrected chi connectivity index (χ1v) is 10.2. The minimum Gasteiger partial charge on any atom is -0.356 e. The molecule has 0 amide bonds. The lowest BCUT2D eigenvalue weighted by Gasteiger charge is -2.33. The summed E-state index contributed by atoms with van der Waals surface area (Å²) in [5.41, 5.74) is 0.257. The Morgan fingerprint density at radius 2 is 2.04 bits per heavy atom. The molecule has 1 fully saturated rings. The molecule has 1 aromatic heterocycles. The number of piperidine rings is 1. The van der Waals surface area contributed by atoms with Gasteiger partial charge in [0.05, 0.1) is 15.4 Å². The highest BCUT2D eigenvalue weighted by molar-refractivity contribution is 7.89. The zero-order chi connectivity index (χ0) is 20.1. The molecule has 2 heterocycles. The molecule has 0 unspecified atom stereocenters. The van der Waals surface area contributed by atoms with Gasteiger partial charge in [0.1, 0.15) is 11.9 Å². The average Bonchev–Trinajstić information content (AvgIpc) is 2.73. The number of benzene rings is 1. The fourth-order valence-corrected chi connectivity index (χ4v) is 4.32. The van der Waals surface area contributed by atoms with E-state index in [-0.39, 0.29) is 23.0 Å². The topological polar surface area (TPSA) is 129 Å². The second-order valence-electron chi connectivity index (χ2n) is 6.52. The third kappa shape index (κ3) is 4.44.